The molecule has 0 aromatic carbocycles. The average Bonchev–Trinajstić information content (AvgIpc) is 3.44. The van der Waals surface area contributed by atoms with E-state index in [1.54, 1.807) is 6.08 Å². The van der Waals surface area contributed by atoms with Gasteiger partial charge in [0.15, 0.2) is 6.10 Å². The first kappa shape index (κ1) is 73.0. The molecule has 78 heavy (non-hydrogen) atoms. The molecular weight excluding hydrogens is 961 g/mol. The molecule has 0 saturated heterocycles. The highest BCUT2D eigenvalue weighted by atomic mass is 16.6. The summed E-state index contributed by atoms with van der Waals surface area (Å²) in [6.07, 6.45) is 94.2. The lowest BCUT2D eigenvalue weighted by Crippen LogP contribution is -2.30. The van der Waals surface area contributed by atoms with Crippen LogP contribution >= 0.6 is 0 Å². The lowest BCUT2D eigenvalue weighted by Gasteiger charge is -2.18. The Kier molecular flexibility index (Phi) is 60.4. The number of carbonyl (C=O) groups is 3. The Morgan fingerprint density at radius 2 is 0.551 bits per heavy atom. The SMILES string of the molecule is CC/C=C\C/C=C\C/C=C\C/C=C\C/C=C\C/C=C\C/C=C\C/C=C\CCCCC(=O)OCC(COC(=O)C/C=C\C/C=C\C/C=C\C/C=C\C/C=C\CC)OC(=O)CCCCCCCCCCCCCCCCCCCC. The zero-order chi connectivity index (χ0) is 56.4. The molecule has 0 aromatic rings. The largest absolute Gasteiger partial charge is 0.462 e. The van der Waals surface area contributed by atoms with Crippen LogP contribution in [0.15, 0.2) is 158 Å². The summed E-state index contributed by atoms with van der Waals surface area (Å²) in [4.78, 5) is 38.2. The monoisotopic (exact) mass is 1070 g/mol. The fourth-order valence-corrected chi connectivity index (χ4v) is 8.18. The highest BCUT2D eigenvalue weighted by Gasteiger charge is 2.19. The van der Waals surface area contributed by atoms with Gasteiger partial charge in [-0.05, 0) is 109 Å². The van der Waals surface area contributed by atoms with E-state index in [9.17, 15) is 14.4 Å². The maximum Gasteiger partial charge on any atom is 0.309 e. The molecule has 0 aliphatic rings. The van der Waals surface area contributed by atoms with Crippen molar-refractivity contribution in [3.05, 3.63) is 158 Å². The summed E-state index contributed by atoms with van der Waals surface area (Å²) >= 11 is 0. The molecule has 0 radical (unpaired) electrons. The van der Waals surface area contributed by atoms with Crippen molar-refractivity contribution in [2.45, 2.75) is 264 Å². The van der Waals surface area contributed by atoms with E-state index in [0.717, 1.165) is 116 Å². The lowest BCUT2D eigenvalue weighted by molar-refractivity contribution is -0.166. The summed E-state index contributed by atoms with van der Waals surface area (Å²) in [5, 5.41) is 0. The van der Waals surface area contributed by atoms with Gasteiger partial charge in [-0.3, -0.25) is 14.4 Å². The third-order valence-electron chi connectivity index (χ3n) is 12.8. The van der Waals surface area contributed by atoms with Crippen LogP contribution < -0.4 is 0 Å². The van der Waals surface area contributed by atoms with Crippen molar-refractivity contribution in [2.24, 2.45) is 0 Å². The fourth-order valence-electron chi connectivity index (χ4n) is 8.18. The molecule has 0 bridgehead atoms. The van der Waals surface area contributed by atoms with E-state index >= 15 is 0 Å². The molecule has 0 fully saturated rings. The van der Waals surface area contributed by atoms with Gasteiger partial charge in [-0.15, -0.1) is 0 Å². The van der Waals surface area contributed by atoms with Gasteiger partial charge in [0.05, 0.1) is 6.42 Å². The summed E-state index contributed by atoms with van der Waals surface area (Å²) in [6.45, 7) is 6.29. The molecule has 0 aromatic heterocycles. The third-order valence-corrected chi connectivity index (χ3v) is 12.8. The Bertz CT molecular complexity index is 1760. The number of hydrogen-bond acceptors (Lipinski definition) is 6. The number of unbranched alkanes of at least 4 members (excludes halogenated alkanes) is 19. The van der Waals surface area contributed by atoms with Crippen molar-refractivity contribution in [3.8, 4) is 0 Å². The molecule has 438 valence electrons. The van der Waals surface area contributed by atoms with Gasteiger partial charge >= 0.3 is 17.9 Å². The van der Waals surface area contributed by atoms with E-state index in [1.807, 2.05) is 6.08 Å². The maximum atomic E-state index is 12.9. The topological polar surface area (TPSA) is 78.9 Å². The van der Waals surface area contributed by atoms with Gasteiger partial charge in [0.25, 0.3) is 0 Å². The van der Waals surface area contributed by atoms with Crippen molar-refractivity contribution in [2.75, 3.05) is 13.2 Å². The Balaban J connectivity index is 4.53. The zero-order valence-electron chi connectivity index (χ0n) is 50.1. The summed E-state index contributed by atoms with van der Waals surface area (Å²) in [5.41, 5.74) is 0. The second-order valence-electron chi connectivity index (χ2n) is 20.2. The molecule has 6 heteroatoms. The average molecular weight is 1080 g/mol. The molecule has 0 amide bonds. The van der Waals surface area contributed by atoms with Crippen molar-refractivity contribution >= 4 is 17.9 Å². The van der Waals surface area contributed by atoms with Crippen LogP contribution in [0.3, 0.4) is 0 Å². The van der Waals surface area contributed by atoms with E-state index < -0.39 is 12.1 Å². The minimum Gasteiger partial charge on any atom is -0.462 e. The molecule has 0 heterocycles. The molecule has 0 rings (SSSR count). The van der Waals surface area contributed by atoms with E-state index in [-0.39, 0.29) is 38.0 Å². The minimum absolute atomic E-state index is 0.113. The van der Waals surface area contributed by atoms with Gasteiger partial charge in [0, 0.05) is 12.8 Å². The van der Waals surface area contributed by atoms with Crippen molar-refractivity contribution in [1.82, 2.24) is 0 Å². The summed E-state index contributed by atoms with van der Waals surface area (Å²) in [5.74, 6) is -1.11. The van der Waals surface area contributed by atoms with E-state index in [2.05, 4.69) is 167 Å². The van der Waals surface area contributed by atoms with Crippen LogP contribution in [0.2, 0.25) is 0 Å². The van der Waals surface area contributed by atoms with Crippen LogP contribution in [0.25, 0.3) is 0 Å². The molecule has 0 saturated carbocycles. The van der Waals surface area contributed by atoms with Crippen molar-refractivity contribution in [1.29, 1.82) is 0 Å². The highest BCUT2D eigenvalue weighted by molar-refractivity contribution is 5.72. The third kappa shape index (κ3) is 61.9. The van der Waals surface area contributed by atoms with Crippen LogP contribution in [0, 0.1) is 0 Å². The minimum atomic E-state index is -0.843. The number of hydrogen-bond donors (Lipinski definition) is 0. The highest BCUT2D eigenvalue weighted by Crippen LogP contribution is 2.16. The molecule has 0 aliphatic heterocycles. The van der Waals surface area contributed by atoms with Gasteiger partial charge in [0.1, 0.15) is 13.2 Å². The van der Waals surface area contributed by atoms with E-state index in [0.29, 0.717) is 12.8 Å². The fraction of sp³-hybridized carbons (Fsp3) is 0.597. The molecule has 1 unspecified atom stereocenters. The first-order valence-electron chi connectivity index (χ1n) is 31.5. The second kappa shape index (κ2) is 64.6. The molecule has 1 atom stereocenters. The molecular formula is C72H114O6. The van der Waals surface area contributed by atoms with Gasteiger partial charge < -0.3 is 14.2 Å². The Hall–Kier alpha value is -4.97. The van der Waals surface area contributed by atoms with Crippen molar-refractivity contribution < 1.29 is 28.6 Å². The number of allylic oxidation sites excluding steroid dienone is 25. The van der Waals surface area contributed by atoms with Gasteiger partial charge in [-0.25, -0.2) is 0 Å². The predicted molar refractivity (Wildman–Crippen MR) is 338 cm³/mol. The van der Waals surface area contributed by atoms with E-state index in [4.69, 9.17) is 14.2 Å². The summed E-state index contributed by atoms with van der Waals surface area (Å²) < 4.78 is 16.8. The molecule has 6 nitrogen and oxygen atoms in total. The molecule has 0 spiro atoms. The first-order chi connectivity index (χ1) is 38.5. The summed E-state index contributed by atoms with van der Waals surface area (Å²) in [6, 6.07) is 0. The van der Waals surface area contributed by atoms with Crippen molar-refractivity contribution in [3.63, 3.8) is 0 Å². The smallest absolute Gasteiger partial charge is 0.309 e. The Labute approximate surface area is 480 Å². The standard InChI is InChI=1S/C72H114O6/c1-4-7-10-13-16-19-22-25-28-30-32-33-34-35-36-37-38-39-40-42-44-47-50-53-56-59-62-65-71(74)77-68-69(67-76-70(73)64-61-58-55-52-49-46-43-27-24-21-18-15-12-9-6-3)78-72(75)66-63-60-57-54-51-48-45-41-31-29-26-23-20-17-14-11-8-5-2/h7,9-10,12,16,18-19,21,25,27-28,32-33,35-36,38-39,42-44,49-50,52-53,58,61,69H,4-6,8,11,13-15,17,20,22-24,26,29-31,34,37,40-41,45-48,51,54-57,59-60,62-68H2,1-3H3/b10-7-,12-9-,19-16-,21-18-,28-25-,33-32-,36-35-,39-38-,43-27-,44-42-,52-49-,53-50-,61-58-. The molecule has 0 N–H and O–H groups in total. The van der Waals surface area contributed by atoms with Gasteiger partial charge in [-0.2, -0.15) is 0 Å². The zero-order valence-corrected chi connectivity index (χ0v) is 50.1. The maximum absolute atomic E-state index is 12.9. The van der Waals surface area contributed by atoms with E-state index in [1.165, 1.54) is 96.3 Å². The van der Waals surface area contributed by atoms with Gasteiger partial charge in [-0.1, -0.05) is 288 Å². The second-order valence-corrected chi connectivity index (χ2v) is 20.2. The number of ether oxygens (including phenoxy) is 3. The van der Waals surface area contributed by atoms with Crippen LogP contribution in [0.1, 0.15) is 258 Å². The van der Waals surface area contributed by atoms with Crippen LogP contribution in [0.5, 0.6) is 0 Å². The predicted octanol–water partition coefficient (Wildman–Crippen LogP) is 21.7. The summed E-state index contributed by atoms with van der Waals surface area (Å²) in [7, 11) is 0. The Morgan fingerprint density at radius 1 is 0.282 bits per heavy atom. The number of carbonyl (C=O) groups excluding carboxylic acids is 3. The lowest BCUT2D eigenvalue weighted by atomic mass is 10.0. The van der Waals surface area contributed by atoms with Gasteiger partial charge in [0.2, 0.25) is 0 Å². The van der Waals surface area contributed by atoms with Crippen LogP contribution in [-0.4, -0.2) is 37.2 Å². The number of esters is 3. The quantitative estimate of drug-likeness (QED) is 0.0261. The van der Waals surface area contributed by atoms with Crippen LogP contribution in [-0.2, 0) is 28.6 Å². The van der Waals surface area contributed by atoms with Crippen LogP contribution in [0.4, 0.5) is 0 Å². The normalized spacial score (nSPS) is 13.2. The number of rotatable bonds is 55. The Morgan fingerprint density at radius 3 is 0.897 bits per heavy atom. The first-order valence-corrected chi connectivity index (χ1v) is 31.5. The molecule has 0 aliphatic carbocycles.